The van der Waals surface area contributed by atoms with Gasteiger partial charge in [-0.2, -0.15) is 0 Å². The molecule has 110 valence electrons. The van der Waals surface area contributed by atoms with Crippen molar-refractivity contribution in [2.75, 3.05) is 19.6 Å². The zero-order valence-corrected chi connectivity index (χ0v) is 11.8. The summed E-state index contributed by atoms with van der Waals surface area (Å²) in [5, 5.41) is 3.67. The summed E-state index contributed by atoms with van der Waals surface area (Å²) < 4.78 is 27.0. The molecule has 1 aromatic rings. The lowest BCUT2D eigenvalue weighted by molar-refractivity contribution is 0.0935. The molecule has 1 aliphatic carbocycles. The second kappa shape index (κ2) is 5.78. The number of nitrogens with one attached hydrogen (secondary N) is 1. The van der Waals surface area contributed by atoms with E-state index in [9.17, 15) is 8.78 Å². The molecule has 20 heavy (non-hydrogen) atoms. The van der Waals surface area contributed by atoms with E-state index < -0.39 is 11.6 Å². The molecule has 1 aromatic carbocycles. The molecule has 0 aromatic heterocycles. The number of hydrogen-bond acceptors (Lipinski definition) is 2. The molecule has 2 aliphatic rings. The number of piperazine rings is 1. The normalized spacial score (nSPS) is 23.1. The second-order valence-electron chi connectivity index (χ2n) is 6.19. The van der Waals surface area contributed by atoms with Crippen LogP contribution in [0.2, 0.25) is 0 Å². The van der Waals surface area contributed by atoms with Gasteiger partial charge in [0.25, 0.3) is 0 Å². The molecule has 1 N–H and O–H groups in total. The van der Waals surface area contributed by atoms with E-state index in [-0.39, 0.29) is 5.54 Å². The van der Waals surface area contributed by atoms with Gasteiger partial charge in [-0.25, -0.2) is 8.78 Å². The van der Waals surface area contributed by atoms with Crippen molar-refractivity contribution >= 4 is 0 Å². The maximum atomic E-state index is 13.8. The summed E-state index contributed by atoms with van der Waals surface area (Å²) in [5.74, 6) is -1.44. The third-order valence-electron chi connectivity index (χ3n) is 4.69. The molecule has 4 heteroatoms. The van der Waals surface area contributed by atoms with E-state index in [4.69, 9.17) is 0 Å². The highest BCUT2D eigenvalue weighted by Crippen LogP contribution is 2.31. The van der Waals surface area contributed by atoms with Gasteiger partial charge < -0.3 is 5.32 Å². The van der Waals surface area contributed by atoms with Crippen LogP contribution in [0.4, 0.5) is 8.78 Å². The summed E-state index contributed by atoms with van der Waals surface area (Å²) in [6.07, 6.45) is 6.27. The van der Waals surface area contributed by atoms with Crippen LogP contribution in [0.1, 0.15) is 37.7 Å². The number of hydrogen-bond donors (Lipinski definition) is 1. The third-order valence-corrected chi connectivity index (χ3v) is 4.69. The van der Waals surface area contributed by atoms with Crippen LogP contribution in [0.15, 0.2) is 18.2 Å². The SMILES string of the molecule is Fc1cccc(CN2CCNC3(CCCCC3)C2)c1F. The average molecular weight is 280 g/mol. The number of nitrogens with zero attached hydrogens (tertiary/aromatic N) is 1. The molecule has 1 saturated carbocycles. The molecule has 0 unspecified atom stereocenters. The molecule has 0 radical (unpaired) electrons. The van der Waals surface area contributed by atoms with Gasteiger partial charge in [-0.15, -0.1) is 0 Å². The summed E-state index contributed by atoms with van der Waals surface area (Å²) in [4.78, 5) is 2.26. The first-order chi connectivity index (χ1) is 9.69. The van der Waals surface area contributed by atoms with Gasteiger partial charge in [0.05, 0.1) is 0 Å². The van der Waals surface area contributed by atoms with Crippen molar-refractivity contribution in [3.8, 4) is 0 Å². The molecule has 1 saturated heterocycles. The Morgan fingerprint density at radius 3 is 2.75 bits per heavy atom. The minimum atomic E-state index is -0.745. The minimum Gasteiger partial charge on any atom is -0.309 e. The van der Waals surface area contributed by atoms with E-state index in [2.05, 4.69) is 10.2 Å². The lowest BCUT2D eigenvalue weighted by Gasteiger charge is -2.46. The largest absolute Gasteiger partial charge is 0.309 e. The first-order valence-electron chi connectivity index (χ1n) is 7.59. The van der Waals surface area contributed by atoms with Crippen molar-refractivity contribution in [1.82, 2.24) is 10.2 Å². The fraction of sp³-hybridized carbons (Fsp3) is 0.625. The lowest BCUT2D eigenvalue weighted by Crippen LogP contribution is -2.60. The Kier molecular flexibility index (Phi) is 4.03. The van der Waals surface area contributed by atoms with E-state index >= 15 is 0 Å². The topological polar surface area (TPSA) is 15.3 Å². The van der Waals surface area contributed by atoms with Gasteiger partial charge in [-0.1, -0.05) is 31.4 Å². The summed E-state index contributed by atoms with van der Waals surface area (Å²) in [6.45, 7) is 3.30. The van der Waals surface area contributed by atoms with Crippen molar-refractivity contribution < 1.29 is 8.78 Å². The van der Waals surface area contributed by atoms with Crippen molar-refractivity contribution in [1.29, 1.82) is 0 Å². The number of rotatable bonds is 2. The standard InChI is InChI=1S/C16H22F2N2/c17-14-6-4-5-13(15(14)18)11-20-10-9-19-16(12-20)7-2-1-3-8-16/h4-6,19H,1-3,7-12H2. The van der Waals surface area contributed by atoms with Crippen LogP contribution >= 0.6 is 0 Å². The molecular weight excluding hydrogens is 258 g/mol. The second-order valence-corrected chi connectivity index (χ2v) is 6.19. The van der Waals surface area contributed by atoms with Crippen LogP contribution < -0.4 is 5.32 Å². The first kappa shape index (κ1) is 14.0. The molecule has 3 rings (SSSR count). The Labute approximate surface area is 119 Å². The molecule has 1 spiro atoms. The summed E-state index contributed by atoms with van der Waals surface area (Å²) in [6, 6.07) is 4.46. The third kappa shape index (κ3) is 2.86. The van der Waals surface area contributed by atoms with Crippen LogP contribution in [-0.4, -0.2) is 30.1 Å². The highest BCUT2D eigenvalue weighted by Gasteiger charge is 2.36. The van der Waals surface area contributed by atoms with E-state index in [1.165, 1.54) is 38.2 Å². The average Bonchev–Trinajstić information content (AvgIpc) is 2.45. The molecule has 2 nitrogen and oxygen atoms in total. The van der Waals surface area contributed by atoms with Crippen molar-refractivity contribution in [2.45, 2.75) is 44.2 Å². The first-order valence-corrected chi connectivity index (χ1v) is 7.59. The molecule has 0 amide bonds. The van der Waals surface area contributed by atoms with Gasteiger partial charge in [0.2, 0.25) is 0 Å². The van der Waals surface area contributed by atoms with Crippen molar-refractivity contribution in [3.63, 3.8) is 0 Å². The Bertz CT molecular complexity index is 464. The predicted molar refractivity (Wildman–Crippen MR) is 75.5 cm³/mol. The van der Waals surface area contributed by atoms with E-state index in [0.29, 0.717) is 12.1 Å². The van der Waals surface area contributed by atoms with Gasteiger partial charge in [0.15, 0.2) is 11.6 Å². The van der Waals surface area contributed by atoms with Crippen molar-refractivity contribution in [2.24, 2.45) is 0 Å². The Balaban J connectivity index is 1.69. The fourth-order valence-electron chi connectivity index (χ4n) is 3.65. The summed E-state index contributed by atoms with van der Waals surface area (Å²) in [5.41, 5.74) is 0.679. The quantitative estimate of drug-likeness (QED) is 0.895. The van der Waals surface area contributed by atoms with Crippen LogP contribution in [0.25, 0.3) is 0 Å². The molecular formula is C16H22F2N2. The van der Waals surface area contributed by atoms with E-state index in [1.54, 1.807) is 12.1 Å². The number of halogens is 2. The van der Waals surface area contributed by atoms with Crippen LogP contribution in [0.5, 0.6) is 0 Å². The molecule has 2 fully saturated rings. The maximum absolute atomic E-state index is 13.8. The van der Waals surface area contributed by atoms with Gasteiger partial charge in [0.1, 0.15) is 0 Å². The van der Waals surface area contributed by atoms with Crippen LogP contribution in [0.3, 0.4) is 0 Å². The highest BCUT2D eigenvalue weighted by atomic mass is 19.2. The predicted octanol–water partition coefficient (Wildman–Crippen LogP) is 3.07. The van der Waals surface area contributed by atoms with Gasteiger partial charge in [0, 0.05) is 37.3 Å². The fourth-order valence-corrected chi connectivity index (χ4v) is 3.65. The molecule has 0 bridgehead atoms. The van der Waals surface area contributed by atoms with Crippen LogP contribution in [0, 0.1) is 11.6 Å². The van der Waals surface area contributed by atoms with E-state index in [1.807, 2.05) is 0 Å². The van der Waals surface area contributed by atoms with Crippen molar-refractivity contribution in [3.05, 3.63) is 35.4 Å². The Hall–Kier alpha value is -1.00. The van der Waals surface area contributed by atoms with Crippen LogP contribution in [-0.2, 0) is 6.54 Å². The van der Waals surface area contributed by atoms with Gasteiger partial charge >= 0.3 is 0 Å². The monoisotopic (exact) mass is 280 g/mol. The maximum Gasteiger partial charge on any atom is 0.163 e. The molecule has 1 heterocycles. The smallest absolute Gasteiger partial charge is 0.163 e. The zero-order valence-electron chi connectivity index (χ0n) is 11.8. The molecule has 1 aliphatic heterocycles. The van der Waals surface area contributed by atoms with Gasteiger partial charge in [-0.05, 0) is 18.9 Å². The number of benzene rings is 1. The highest BCUT2D eigenvalue weighted by molar-refractivity contribution is 5.19. The Morgan fingerprint density at radius 2 is 1.95 bits per heavy atom. The minimum absolute atomic E-state index is 0.209. The molecule has 0 atom stereocenters. The Morgan fingerprint density at radius 1 is 1.15 bits per heavy atom. The summed E-state index contributed by atoms with van der Waals surface area (Å²) in [7, 11) is 0. The van der Waals surface area contributed by atoms with Gasteiger partial charge in [-0.3, -0.25) is 4.90 Å². The summed E-state index contributed by atoms with van der Waals surface area (Å²) >= 11 is 0. The van der Waals surface area contributed by atoms with E-state index in [0.717, 1.165) is 19.6 Å². The lowest BCUT2D eigenvalue weighted by atomic mass is 9.80. The zero-order chi connectivity index (χ0) is 14.0.